The van der Waals surface area contributed by atoms with Crippen LogP contribution in [-0.4, -0.2) is 35.3 Å². The van der Waals surface area contributed by atoms with Gasteiger partial charge in [-0.2, -0.15) is 0 Å². The molecule has 1 fully saturated rings. The van der Waals surface area contributed by atoms with Gasteiger partial charge in [-0.15, -0.1) is 0 Å². The third-order valence-electron chi connectivity index (χ3n) is 3.67. The molecular weight excluding hydrogens is 256 g/mol. The van der Waals surface area contributed by atoms with Crippen LogP contribution < -0.4 is 10.6 Å². The van der Waals surface area contributed by atoms with Gasteiger partial charge in [-0.3, -0.25) is 4.79 Å². The van der Waals surface area contributed by atoms with E-state index in [0.29, 0.717) is 6.42 Å². The lowest BCUT2D eigenvalue weighted by Gasteiger charge is -2.25. The van der Waals surface area contributed by atoms with Crippen molar-refractivity contribution in [1.82, 2.24) is 10.6 Å². The van der Waals surface area contributed by atoms with Crippen LogP contribution in [0.25, 0.3) is 0 Å². The number of nitrogens with one attached hydrogen (secondary N) is 2. The van der Waals surface area contributed by atoms with Gasteiger partial charge >= 0.3 is 0 Å². The van der Waals surface area contributed by atoms with Crippen LogP contribution in [0.4, 0.5) is 0 Å². The smallest absolute Gasteiger partial charge is 0.223 e. The molecule has 1 aliphatic heterocycles. The Morgan fingerprint density at radius 2 is 2.25 bits per heavy atom. The van der Waals surface area contributed by atoms with E-state index in [1.54, 1.807) is 6.07 Å². The Balaban J connectivity index is 1.88. The van der Waals surface area contributed by atoms with Crippen molar-refractivity contribution >= 4 is 5.91 Å². The number of hydrogen-bond donors (Lipinski definition) is 4. The summed E-state index contributed by atoms with van der Waals surface area (Å²) in [7, 11) is 0. The molecule has 0 radical (unpaired) electrons. The predicted octanol–water partition coefficient (Wildman–Crippen LogP) is 1.14. The fourth-order valence-corrected chi connectivity index (χ4v) is 2.46. The normalized spacial score (nSPS) is 20.4. The van der Waals surface area contributed by atoms with Gasteiger partial charge in [-0.25, -0.2) is 0 Å². The summed E-state index contributed by atoms with van der Waals surface area (Å²) in [5.41, 5.74) is 0.838. The molecule has 0 aliphatic carbocycles. The Morgan fingerprint density at radius 3 is 2.90 bits per heavy atom. The molecule has 1 heterocycles. The quantitative estimate of drug-likeness (QED) is 0.623. The van der Waals surface area contributed by atoms with E-state index in [0.717, 1.165) is 31.5 Å². The number of phenols is 2. The molecule has 1 aliphatic rings. The minimum atomic E-state index is -0.166. The standard InChI is InChI=1S/C15H22N2O3/c1-10(7-11-4-5-13(18)14(19)8-11)15(20)17-12-3-2-6-16-9-12/h4-5,8,10,12,16,18-19H,2-3,6-7,9H2,1H3,(H,17,20). The molecule has 4 N–H and O–H groups in total. The second kappa shape index (κ2) is 6.61. The van der Waals surface area contributed by atoms with Crippen LogP contribution in [0.5, 0.6) is 11.5 Å². The lowest BCUT2D eigenvalue weighted by molar-refractivity contribution is -0.125. The van der Waals surface area contributed by atoms with E-state index in [9.17, 15) is 15.0 Å². The van der Waals surface area contributed by atoms with Gasteiger partial charge in [0.2, 0.25) is 5.91 Å². The Kier molecular flexibility index (Phi) is 4.84. The first-order valence-corrected chi connectivity index (χ1v) is 7.08. The van der Waals surface area contributed by atoms with Crippen molar-refractivity contribution in [2.75, 3.05) is 13.1 Å². The van der Waals surface area contributed by atoms with E-state index in [4.69, 9.17) is 0 Å². The largest absolute Gasteiger partial charge is 0.504 e. The highest BCUT2D eigenvalue weighted by atomic mass is 16.3. The van der Waals surface area contributed by atoms with Crippen molar-refractivity contribution < 1.29 is 15.0 Å². The maximum absolute atomic E-state index is 12.1. The van der Waals surface area contributed by atoms with E-state index in [1.165, 1.54) is 12.1 Å². The summed E-state index contributed by atoms with van der Waals surface area (Å²) < 4.78 is 0. The van der Waals surface area contributed by atoms with Crippen LogP contribution >= 0.6 is 0 Å². The van der Waals surface area contributed by atoms with Crippen LogP contribution in [0.3, 0.4) is 0 Å². The molecule has 2 atom stereocenters. The molecule has 0 aromatic heterocycles. The van der Waals surface area contributed by atoms with Crippen LogP contribution in [0.15, 0.2) is 18.2 Å². The minimum absolute atomic E-state index is 0.0336. The predicted molar refractivity (Wildman–Crippen MR) is 76.7 cm³/mol. The molecule has 1 saturated heterocycles. The van der Waals surface area contributed by atoms with Crippen LogP contribution in [-0.2, 0) is 11.2 Å². The Morgan fingerprint density at radius 1 is 1.45 bits per heavy atom. The number of aromatic hydroxyl groups is 2. The number of phenolic OH excluding ortho intramolecular Hbond substituents is 2. The van der Waals surface area contributed by atoms with Crippen molar-refractivity contribution in [3.05, 3.63) is 23.8 Å². The summed E-state index contributed by atoms with van der Waals surface area (Å²) in [6.07, 6.45) is 2.65. The molecule has 0 bridgehead atoms. The van der Waals surface area contributed by atoms with Gasteiger partial charge in [-0.1, -0.05) is 13.0 Å². The number of carbonyl (C=O) groups is 1. The number of benzene rings is 1. The van der Waals surface area contributed by atoms with Gasteiger partial charge in [0.1, 0.15) is 0 Å². The first-order chi connectivity index (χ1) is 9.56. The van der Waals surface area contributed by atoms with E-state index in [1.807, 2.05) is 6.92 Å². The molecule has 1 aromatic carbocycles. The van der Waals surface area contributed by atoms with Gasteiger partial charge in [0.15, 0.2) is 11.5 Å². The molecule has 5 heteroatoms. The van der Waals surface area contributed by atoms with E-state index in [-0.39, 0.29) is 29.4 Å². The second-order valence-corrected chi connectivity index (χ2v) is 5.48. The van der Waals surface area contributed by atoms with E-state index < -0.39 is 0 Å². The summed E-state index contributed by atoms with van der Waals surface area (Å²) in [5, 5.41) is 25.0. The summed E-state index contributed by atoms with van der Waals surface area (Å²) in [6.45, 7) is 3.72. The monoisotopic (exact) mass is 278 g/mol. The maximum Gasteiger partial charge on any atom is 0.223 e. The number of hydrogen-bond acceptors (Lipinski definition) is 4. The van der Waals surface area contributed by atoms with Crippen LogP contribution in [0, 0.1) is 5.92 Å². The number of amides is 1. The molecular formula is C15H22N2O3. The molecule has 1 aromatic rings. The van der Waals surface area contributed by atoms with Gasteiger partial charge in [-0.05, 0) is 43.5 Å². The molecule has 0 saturated carbocycles. The summed E-state index contributed by atoms with van der Waals surface area (Å²) in [5.74, 6) is -0.419. The van der Waals surface area contributed by atoms with Crippen molar-refractivity contribution in [2.24, 2.45) is 5.92 Å². The number of carbonyl (C=O) groups excluding carboxylic acids is 1. The van der Waals surface area contributed by atoms with Crippen molar-refractivity contribution in [3.63, 3.8) is 0 Å². The fourth-order valence-electron chi connectivity index (χ4n) is 2.46. The zero-order valence-corrected chi connectivity index (χ0v) is 11.7. The highest BCUT2D eigenvalue weighted by Crippen LogP contribution is 2.26. The third kappa shape index (κ3) is 3.87. The van der Waals surface area contributed by atoms with E-state index in [2.05, 4.69) is 10.6 Å². The van der Waals surface area contributed by atoms with Crippen LogP contribution in [0.1, 0.15) is 25.3 Å². The highest BCUT2D eigenvalue weighted by molar-refractivity contribution is 5.79. The van der Waals surface area contributed by atoms with Gasteiger partial charge < -0.3 is 20.8 Å². The molecule has 5 nitrogen and oxygen atoms in total. The number of rotatable bonds is 4. The Hall–Kier alpha value is -1.75. The lowest BCUT2D eigenvalue weighted by atomic mass is 9.99. The SMILES string of the molecule is CC(Cc1ccc(O)c(O)c1)C(=O)NC1CCCNC1. The fraction of sp³-hybridized carbons (Fsp3) is 0.533. The molecule has 0 spiro atoms. The average molecular weight is 278 g/mol. The molecule has 2 unspecified atom stereocenters. The topological polar surface area (TPSA) is 81.6 Å². The Labute approximate surface area is 119 Å². The van der Waals surface area contributed by atoms with Gasteiger partial charge in [0.05, 0.1) is 0 Å². The zero-order valence-electron chi connectivity index (χ0n) is 11.7. The van der Waals surface area contributed by atoms with Crippen molar-refractivity contribution in [2.45, 2.75) is 32.2 Å². The summed E-state index contributed by atoms with van der Waals surface area (Å²) in [6, 6.07) is 4.88. The molecule has 20 heavy (non-hydrogen) atoms. The molecule has 110 valence electrons. The Bertz CT molecular complexity index is 470. The molecule has 1 amide bonds. The zero-order chi connectivity index (χ0) is 14.5. The minimum Gasteiger partial charge on any atom is -0.504 e. The lowest BCUT2D eigenvalue weighted by Crippen LogP contribution is -2.47. The maximum atomic E-state index is 12.1. The highest BCUT2D eigenvalue weighted by Gasteiger charge is 2.19. The summed E-state index contributed by atoms with van der Waals surface area (Å²) in [4.78, 5) is 12.1. The number of piperidine rings is 1. The first-order valence-electron chi connectivity index (χ1n) is 7.08. The van der Waals surface area contributed by atoms with Gasteiger partial charge in [0, 0.05) is 18.5 Å². The van der Waals surface area contributed by atoms with E-state index >= 15 is 0 Å². The second-order valence-electron chi connectivity index (χ2n) is 5.48. The van der Waals surface area contributed by atoms with Gasteiger partial charge in [0.25, 0.3) is 0 Å². The van der Waals surface area contributed by atoms with Crippen molar-refractivity contribution in [1.29, 1.82) is 0 Å². The van der Waals surface area contributed by atoms with Crippen molar-refractivity contribution in [3.8, 4) is 11.5 Å². The molecule has 2 rings (SSSR count). The third-order valence-corrected chi connectivity index (χ3v) is 3.67. The first kappa shape index (κ1) is 14.7. The van der Waals surface area contributed by atoms with Crippen LogP contribution in [0.2, 0.25) is 0 Å². The summed E-state index contributed by atoms with van der Waals surface area (Å²) >= 11 is 0. The average Bonchev–Trinajstić information content (AvgIpc) is 2.44.